The van der Waals surface area contributed by atoms with Crippen molar-refractivity contribution in [3.63, 3.8) is 0 Å². The summed E-state index contributed by atoms with van der Waals surface area (Å²) in [7, 11) is -0.482. The molecule has 0 saturated carbocycles. The van der Waals surface area contributed by atoms with Crippen molar-refractivity contribution < 1.29 is 23.2 Å². The molecule has 1 fully saturated rings. The summed E-state index contributed by atoms with van der Waals surface area (Å²) in [6, 6.07) is 4.28. The predicted octanol–water partition coefficient (Wildman–Crippen LogP) is 0.236. The molecule has 0 aliphatic carbocycles. The van der Waals surface area contributed by atoms with E-state index in [2.05, 4.69) is 20.4 Å². The van der Waals surface area contributed by atoms with Crippen LogP contribution in [-0.4, -0.2) is 101 Å². The van der Waals surface area contributed by atoms with Crippen LogP contribution in [0.2, 0.25) is 0 Å². The number of hydrogen-bond donors (Lipinski definition) is 3. The van der Waals surface area contributed by atoms with Gasteiger partial charge in [-0.2, -0.15) is 12.7 Å². The van der Waals surface area contributed by atoms with E-state index in [0.29, 0.717) is 21.3 Å². The second kappa shape index (κ2) is 10.6. The largest absolute Gasteiger partial charge is 0.409 e. The van der Waals surface area contributed by atoms with Crippen molar-refractivity contribution in [2.24, 2.45) is 10.9 Å². The van der Waals surface area contributed by atoms with Crippen LogP contribution in [0.3, 0.4) is 0 Å². The van der Waals surface area contributed by atoms with Gasteiger partial charge in [0.1, 0.15) is 0 Å². The van der Waals surface area contributed by atoms with Crippen molar-refractivity contribution in [1.82, 2.24) is 28.4 Å². The Morgan fingerprint density at radius 1 is 1.23 bits per heavy atom. The molecule has 0 radical (unpaired) electrons. The number of likely N-dealkylation sites (N-methyl/N-ethyl adjacent to an activating group) is 1. The first-order valence-corrected chi connectivity index (χ1v) is 14.6. The molecule has 0 bridgehead atoms. The summed E-state index contributed by atoms with van der Waals surface area (Å²) in [6.45, 7) is 1.76. The van der Waals surface area contributed by atoms with Crippen LogP contribution < -0.4 is 11.1 Å². The Kier molecular flexibility index (Phi) is 7.33. The minimum atomic E-state index is -4.01. The third-order valence-corrected chi connectivity index (χ3v) is 9.93. The molecular formula is C24H30N8O5S2. The van der Waals surface area contributed by atoms with Crippen LogP contribution in [0.4, 0.5) is 0 Å². The Hall–Kier alpha value is -3.53. The molecule has 2 aliphatic rings. The van der Waals surface area contributed by atoms with Gasteiger partial charge in [0.2, 0.25) is 5.91 Å². The molecule has 2 aromatic heterocycles. The number of carbonyl (C=O) groups excluding carboxylic acids is 2. The molecule has 13 nitrogen and oxygen atoms in total. The molecule has 39 heavy (non-hydrogen) atoms. The van der Waals surface area contributed by atoms with E-state index < -0.39 is 16.3 Å². The molecule has 1 atom stereocenters. The number of amidine groups is 1. The van der Waals surface area contributed by atoms with Crippen molar-refractivity contribution in [3.8, 4) is 0 Å². The zero-order chi connectivity index (χ0) is 27.9. The number of fused-ring (bicyclic) bond motifs is 2. The minimum Gasteiger partial charge on any atom is -0.409 e. The van der Waals surface area contributed by atoms with Gasteiger partial charge in [0.25, 0.3) is 5.91 Å². The van der Waals surface area contributed by atoms with Crippen LogP contribution in [0.1, 0.15) is 32.4 Å². The Morgan fingerprint density at radius 3 is 2.74 bits per heavy atom. The normalized spacial score (nSPS) is 19.3. The number of piperazine rings is 1. The average molecular weight is 575 g/mol. The minimum absolute atomic E-state index is 0.0424. The lowest BCUT2D eigenvalue weighted by Crippen LogP contribution is -2.58. The Morgan fingerprint density at radius 2 is 2.00 bits per heavy atom. The second-order valence-electron chi connectivity index (χ2n) is 9.69. The number of carbonyl (C=O) groups is 2. The molecule has 2 aliphatic heterocycles. The van der Waals surface area contributed by atoms with E-state index in [-0.39, 0.29) is 43.7 Å². The lowest BCUT2D eigenvalue weighted by Gasteiger charge is -2.40. The maximum atomic E-state index is 13.6. The molecule has 1 saturated heterocycles. The van der Waals surface area contributed by atoms with Crippen LogP contribution in [0.5, 0.6) is 0 Å². The van der Waals surface area contributed by atoms with E-state index in [9.17, 15) is 18.0 Å². The first-order valence-electron chi connectivity index (χ1n) is 12.4. The van der Waals surface area contributed by atoms with Crippen LogP contribution >= 0.6 is 11.3 Å². The van der Waals surface area contributed by atoms with Gasteiger partial charge < -0.3 is 26.1 Å². The molecule has 1 unspecified atom stereocenters. The maximum absolute atomic E-state index is 13.6. The van der Waals surface area contributed by atoms with Gasteiger partial charge in [0, 0.05) is 86.2 Å². The molecule has 208 valence electrons. The molecule has 5 rings (SSSR count). The van der Waals surface area contributed by atoms with Gasteiger partial charge >= 0.3 is 10.2 Å². The van der Waals surface area contributed by atoms with E-state index in [1.54, 1.807) is 23.1 Å². The summed E-state index contributed by atoms with van der Waals surface area (Å²) in [5, 5.41) is 16.1. The summed E-state index contributed by atoms with van der Waals surface area (Å²) < 4.78 is 29.7. The molecule has 1 aromatic carbocycles. The van der Waals surface area contributed by atoms with Crippen LogP contribution in [0.15, 0.2) is 35.7 Å². The van der Waals surface area contributed by atoms with E-state index in [0.717, 1.165) is 34.1 Å². The number of nitrogens with one attached hydrogen (secondary N) is 1. The number of nitrogens with zero attached hydrogens (tertiary/aromatic N) is 6. The highest BCUT2D eigenvalue weighted by atomic mass is 32.2. The molecule has 0 spiro atoms. The van der Waals surface area contributed by atoms with E-state index in [1.807, 2.05) is 7.05 Å². The number of thiazole rings is 1. The highest BCUT2D eigenvalue weighted by molar-refractivity contribution is 7.87. The summed E-state index contributed by atoms with van der Waals surface area (Å²) in [5.74, 6) is -0.664. The Bertz CT molecular complexity index is 1560. The van der Waals surface area contributed by atoms with Gasteiger partial charge in [-0.15, -0.1) is 11.3 Å². The maximum Gasteiger partial charge on any atom is 0.307 e. The SMILES string of the molecule is CNC(=O)CC1CN(S(=O)(=O)n2cc3ccc(C(N)=NO)cc3c2)CCN1C(=O)c1nc2c(s1)CN(C)CC2. The fraction of sp³-hybridized carbons (Fsp3) is 0.417. The number of amides is 2. The van der Waals surface area contributed by atoms with Gasteiger partial charge in [-0.3, -0.25) is 9.59 Å². The van der Waals surface area contributed by atoms with Crippen LogP contribution in [-0.2, 0) is 28.0 Å². The first-order chi connectivity index (χ1) is 18.6. The van der Waals surface area contributed by atoms with Crippen molar-refractivity contribution in [2.75, 3.05) is 40.3 Å². The standard InChI is InChI=1S/C24H30N8O5S2/c1-26-21(33)10-18-13-30(7-8-32(18)24(34)23-27-19-5-6-29(2)14-20(19)38-23)39(36,37)31-11-16-4-3-15(22(25)28-35)9-17(16)12-31/h3-4,9,11-12,18,35H,5-8,10,13-14H2,1-2H3,(H2,25,28)(H,26,33). The zero-order valence-corrected chi connectivity index (χ0v) is 23.2. The number of nitrogens with two attached hydrogens (primary N) is 1. The number of benzene rings is 1. The molecule has 4 heterocycles. The van der Waals surface area contributed by atoms with Crippen LogP contribution in [0.25, 0.3) is 10.8 Å². The number of aromatic nitrogens is 2. The molecule has 3 aromatic rings. The number of oxime groups is 1. The third kappa shape index (κ3) is 5.22. The topological polar surface area (TPSA) is 166 Å². The highest BCUT2D eigenvalue weighted by Crippen LogP contribution is 2.28. The van der Waals surface area contributed by atoms with E-state index >= 15 is 0 Å². The van der Waals surface area contributed by atoms with Gasteiger partial charge in [-0.05, 0) is 13.1 Å². The Balaban J connectivity index is 1.40. The van der Waals surface area contributed by atoms with E-state index in [4.69, 9.17) is 10.9 Å². The summed E-state index contributed by atoms with van der Waals surface area (Å²) in [5.41, 5.74) is 7.05. The lowest BCUT2D eigenvalue weighted by atomic mass is 10.1. The molecule has 2 amide bonds. The van der Waals surface area contributed by atoms with Crippen molar-refractivity contribution >= 4 is 50.0 Å². The summed E-state index contributed by atoms with van der Waals surface area (Å²) in [4.78, 5) is 35.3. The third-order valence-electron chi connectivity index (χ3n) is 7.13. The van der Waals surface area contributed by atoms with Gasteiger partial charge in [0.05, 0.1) is 11.7 Å². The van der Waals surface area contributed by atoms with Crippen molar-refractivity contribution in [2.45, 2.75) is 25.4 Å². The Labute approximate surface area is 229 Å². The van der Waals surface area contributed by atoms with Crippen LogP contribution in [0, 0.1) is 0 Å². The fourth-order valence-corrected chi connectivity index (χ4v) is 7.51. The first kappa shape index (κ1) is 27.1. The molecular weight excluding hydrogens is 544 g/mol. The van der Waals surface area contributed by atoms with Gasteiger partial charge in [-0.25, -0.2) is 8.96 Å². The summed E-state index contributed by atoms with van der Waals surface area (Å²) in [6.07, 6.45) is 3.68. The quantitative estimate of drug-likeness (QED) is 0.163. The monoisotopic (exact) mass is 574 g/mol. The van der Waals surface area contributed by atoms with E-state index in [1.165, 1.54) is 35.1 Å². The number of hydrogen-bond acceptors (Lipinski definition) is 9. The van der Waals surface area contributed by atoms with Crippen molar-refractivity contribution in [3.05, 3.63) is 51.7 Å². The lowest BCUT2D eigenvalue weighted by molar-refractivity contribution is -0.121. The smallest absolute Gasteiger partial charge is 0.307 e. The molecule has 4 N–H and O–H groups in total. The molecule has 15 heteroatoms. The predicted molar refractivity (Wildman–Crippen MR) is 146 cm³/mol. The fourth-order valence-electron chi connectivity index (χ4n) is 4.93. The van der Waals surface area contributed by atoms with Gasteiger partial charge in [-0.1, -0.05) is 17.3 Å². The van der Waals surface area contributed by atoms with Gasteiger partial charge in [0.15, 0.2) is 10.8 Å². The average Bonchev–Trinajstić information content (AvgIpc) is 3.56. The highest BCUT2D eigenvalue weighted by Gasteiger charge is 2.38. The zero-order valence-electron chi connectivity index (χ0n) is 21.6. The number of rotatable bonds is 6. The second-order valence-corrected chi connectivity index (χ2v) is 12.6. The summed E-state index contributed by atoms with van der Waals surface area (Å²) >= 11 is 1.36. The van der Waals surface area contributed by atoms with Crippen molar-refractivity contribution in [1.29, 1.82) is 0 Å².